The van der Waals surface area contributed by atoms with Crippen LogP contribution < -0.4 is 0 Å². The first-order valence-corrected chi connectivity index (χ1v) is 4.69. The minimum absolute atomic E-state index is 0.686. The van der Waals surface area contributed by atoms with E-state index in [0.29, 0.717) is 6.61 Å². The standard InChI is InChI=1S/C8H13BrO/c1-2-10-8-6-4-3-5-7-9/h2-5,7H2,1H3. The van der Waals surface area contributed by atoms with E-state index in [2.05, 4.69) is 28.0 Å². The molecule has 0 aliphatic carbocycles. The van der Waals surface area contributed by atoms with E-state index in [1.165, 1.54) is 6.42 Å². The molecule has 0 aromatic heterocycles. The van der Waals surface area contributed by atoms with Crippen LogP contribution in [0.2, 0.25) is 0 Å². The Morgan fingerprint density at radius 1 is 1.40 bits per heavy atom. The van der Waals surface area contributed by atoms with Gasteiger partial charge >= 0.3 is 0 Å². The number of ether oxygens (including phenoxy) is 1. The molecule has 0 aromatic rings. The third-order valence-electron chi connectivity index (χ3n) is 0.974. The van der Waals surface area contributed by atoms with E-state index in [1.54, 1.807) is 0 Å². The van der Waals surface area contributed by atoms with Gasteiger partial charge in [0.05, 0.1) is 6.61 Å². The largest absolute Gasteiger partial charge is 0.447 e. The topological polar surface area (TPSA) is 9.23 Å². The van der Waals surface area contributed by atoms with Gasteiger partial charge in [0.15, 0.2) is 0 Å². The second-order valence-electron chi connectivity index (χ2n) is 1.86. The Labute approximate surface area is 71.3 Å². The Hall–Kier alpha value is -0.160. The molecule has 0 bridgehead atoms. The first kappa shape index (κ1) is 9.84. The van der Waals surface area contributed by atoms with E-state index in [0.717, 1.165) is 18.2 Å². The molecule has 2 heteroatoms. The minimum atomic E-state index is 0.686. The van der Waals surface area contributed by atoms with Crippen molar-refractivity contribution in [2.75, 3.05) is 11.9 Å². The van der Waals surface area contributed by atoms with Gasteiger partial charge in [0, 0.05) is 11.8 Å². The molecule has 0 aromatic carbocycles. The Balaban J connectivity index is 2.96. The summed E-state index contributed by atoms with van der Waals surface area (Å²) in [5, 5.41) is 1.07. The lowest BCUT2D eigenvalue weighted by Gasteiger charge is -1.88. The van der Waals surface area contributed by atoms with Crippen molar-refractivity contribution in [3.05, 3.63) is 0 Å². The molecule has 0 heterocycles. The van der Waals surface area contributed by atoms with Crippen LogP contribution in [-0.2, 0) is 4.74 Å². The predicted molar refractivity (Wildman–Crippen MR) is 47.0 cm³/mol. The molecule has 1 nitrogen and oxygen atoms in total. The number of halogens is 1. The van der Waals surface area contributed by atoms with Crippen molar-refractivity contribution in [2.24, 2.45) is 0 Å². The molecule has 0 rings (SSSR count). The number of alkyl halides is 1. The van der Waals surface area contributed by atoms with Crippen LogP contribution in [0.5, 0.6) is 0 Å². The molecule has 10 heavy (non-hydrogen) atoms. The fourth-order valence-electron chi connectivity index (χ4n) is 0.482. The molecule has 0 saturated carbocycles. The van der Waals surface area contributed by atoms with Gasteiger partial charge < -0.3 is 4.74 Å². The average molecular weight is 205 g/mol. The van der Waals surface area contributed by atoms with Gasteiger partial charge in [-0.25, -0.2) is 0 Å². The third kappa shape index (κ3) is 7.84. The molecule has 0 N–H and O–H groups in total. The van der Waals surface area contributed by atoms with Gasteiger partial charge in [-0.3, -0.25) is 0 Å². The Morgan fingerprint density at radius 2 is 2.20 bits per heavy atom. The molecular weight excluding hydrogens is 192 g/mol. The summed E-state index contributed by atoms with van der Waals surface area (Å²) in [6.07, 6.45) is 5.93. The smallest absolute Gasteiger partial charge is 0.110 e. The van der Waals surface area contributed by atoms with E-state index in [4.69, 9.17) is 4.74 Å². The van der Waals surface area contributed by atoms with Crippen molar-refractivity contribution < 1.29 is 4.74 Å². The Morgan fingerprint density at radius 3 is 2.80 bits per heavy atom. The number of rotatable bonds is 4. The van der Waals surface area contributed by atoms with Crippen LogP contribution in [0.3, 0.4) is 0 Å². The zero-order valence-electron chi connectivity index (χ0n) is 6.32. The van der Waals surface area contributed by atoms with E-state index in [9.17, 15) is 0 Å². The number of hydrogen-bond acceptors (Lipinski definition) is 1. The SMILES string of the molecule is CCOC#CCCCCBr. The highest BCUT2D eigenvalue weighted by molar-refractivity contribution is 9.09. The van der Waals surface area contributed by atoms with Crippen molar-refractivity contribution in [3.63, 3.8) is 0 Å². The monoisotopic (exact) mass is 204 g/mol. The quantitative estimate of drug-likeness (QED) is 0.389. The van der Waals surface area contributed by atoms with Gasteiger partial charge in [-0.1, -0.05) is 21.9 Å². The van der Waals surface area contributed by atoms with Gasteiger partial charge in [0.25, 0.3) is 0 Å². The van der Waals surface area contributed by atoms with Crippen molar-refractivity contribution in [1.82, 2.24) is 0 Å². The summed E-state index contributed by atoms with van der Waals surface area (Å²) in [7, 11) is 0. The highest BCUT2D eigenvalue weighted by Gasteiger charge is 1.80. The summed E-state index contributed by atoms with van der Waals surface area (Å²) < 4.78 is 4.84. The van der Waals surface area contributed by atoms with Crippen LogP contribution in [0.1, 0.15) is 26.2 Å². The summed E-state index contributed by atoms with van der Waals surface area (Å²) in [6.45, 7) is 2.62. The summed E-state index contributed by atoms with van der Waals surface area (Å²) in [6, 6.07) is 0. The van der Waals surface area contributed by atoms with Gasteiger partial charge in [-0.15, -0.1) is 0 Å². The van der Waals surface area contributed by atoms with Crippen LogP contribution >= 0.6 is 15.9 Å². The molecule has 0 unspecified atom stereocenters. The van der Waals surface area contributed by atoms with E-state index in [1.807, 2.05) is 6.92 Å². The van der Waals surface area contributed by atoms with E-state index < -0.39 is 0 Å². The van der Waals surface area contributed by atoms with Gasteiger partial charge in [-0.2, -0.15) is 0 Å². The molecule has 0 spiro atoms. The molecule has 0 saturated heterocycles. The average Bonchev–Trinajstić information content (AvgIpc) is 1.97. The van der Waals surface area contributed by atoms with E-state index in [-0.39, 0.29) is 0 Å². The van der Waals surface area contributed by atoms with Gasteiger partial charge in [-0.05, 0) is 19.8 Å². The molecule has 0 aliphatic heterocycles. The Bertz CT molecular complexity index is 112. The van der Waals surface area contributed by atoms with Gasteiger partial charge in [0.1, 0.15) is 6.11 Å². The van der Waals surface area contributed by atoms with Crippen molar-refractivity contribution >= 4 is 15.9 Å². The Kier molecular flexibility index (Phi) is 8.70. The third-order valence-corrected chi connectivity index (χ3v) is 1.53. The van der Waals surface area contributed by atoms with Crippen LogP contribution in [0, 0.1) is 12.0 Å². The van der Waals surface area contributed by atoms with Crippen molar-refractivity contribution in [1.29, 1.82) is 0 Å². The predicted octanol–water partition coefficient (Wildman–Crippen LogP) is 2.55. The molecule has 0 atom stereocenters. The summed E-state index contributed by atoms with van der Waals surface area (Å²) in [5.41, 5.74) is 0. The van der Waals surface area contributed by atoms with Crippen molar-refractivity contribution in [2.45, 2.75) is 26.2 Å². The lowest BCUT2D eigenvalue weighted by molar-refractivity contribution is 0.298. The second-order valence-corrected chi connectivity index (χ2v) is 2.65. The lowest BCUT2D eigenvalue weighted by Crippen LogP contribution is -1.78. The maximum atomic E-state index is 4.84. The molecule has 0 amide bonds. The zero-order valence-corrected chi connectivity index (χ0v) is 7.91. The van der Waals surface area contributed by atoms with Crippen LogP contribution in [0.4, 0.5) is 0 Å². The van der Waals surface area contributed by atoms with Crippen LogP contribution in [0.15, 0.2) is 0 Å². The lowest BCUT2D eigenvalue weighted by atomic mass is 10.3. The fourth-order valence-corrected chi connectivity index (χ4v) is 0.879. The minimum Gasteiger partial charge on any atom is -0.447 e. The zero-order chi connectivity index (χ0) is 7.66. The first-order chi connectivity index (χ1) is 4.91. The number of hydrogen-bond donors (Lipinski definition) is 0. The summed E-state index contributed by atoms with van der Waals surface area (Å²) in [5.74, 6) is 2.93. The maximum Gasteiger partial charge on any atom is 0.110 e. The molecular formula is C8H13BrO. The summed E-state index contributed by atoms with van der Waals surface area (Å²) in [4.78, 5) is 0. The molecule has 58 valence electrons. The second kappa shape index (κ2) is 8.84. The maximum absolute atomic E-state index is 4.84. The van der Waals surface area contributed by atoms with E-state index >= 15 is 0 Å². The highest BCUT2D eigenvalue weighted by Crippen LogP contribution is 1.96. The van der Waals surface area contributed by atoms with Gasteiger partial charge in [0.2, 0.25) is 0 Å². The van der Waals surface area contributed by atoms with Crippen LogP contribution in [0.25, 0.3) is 0 Å². The van der Waals surface area contributed by atoms with Crippen LogP contribution in [-0.4, -0.2) is 11.9 Å². The highest BCUT2D eigenvalue weighted by atomic mass is 79.9. The summed E-state index contributed by atoms with van der Waals surface area (Å²) >= 11 is 3.35. The van der Waals surface area contributed by atoms with Crippen molar-refractivity contribution in [3.8, 4) is 12.0 Å². The molecule has 0 fully saturated rings. The first-order valence-electron chi connectivity index (χ1n) is 3.57. The molecule has 0 aliphatic rings. The fraction of sp³-hybridized carbons (Fsp3) is 0.750. The molecule has 0 radical (unpaired) electrons. The normalized spacial score (nSPS) is 8.20. The number of unbranched alkanes of at least 4 members (excludes halogenated alkanes) is 2.